The Morgan fingerprint density at radius 3 is 2.50 bits per heavy atom. The van der Waals surface area contributed by atoms with Crippen molar-refractivity contribution in [2.45, 2.75) is 24.8 Å². The molecule has 0 spiro atoms. The van der Waals surface area contributed by atoms with Crippen molar-refractivity contribution >= 4 is 23.1 Å². The number of imidazole rings is 1. The summed E-state index contributed by atoms with van der Waals surface area (Å²) in [5.41, 5.74) is 4.30. The van der Waals surface area contributed by atoms with E-state index in [1.54, 1.807) is 11.8 Å². The van der Waals surface area contributed by atoms with Crippen LogP contribution in [-0.2, 0) is 12.8 Å². The molecule has 0 N–H and O–H groups in total. The van der Waals surface area contributed by atoms with Crippen molar-refractivity contribution in [2.75, 3.05) is 18.0 Å². The van der Waals surface area contributed by atoms with Gasteiger partial charge in [-0.3, -0.25) is 0 Å². The molecule has 0 aliphatic heterocycles. The van der Waals surface area contributed by atoms with E-state index in [4.69, 9.17) is 0 Å². The minimum Gasteiger partial charge on any atom is -0.372 e. The smallest absolute Gasteiger partial charge is 0.191 e. The molecule has 0 radical (unpaired) electrons. The highest BCUT2D eigenvalue weighted by Gasteiger charge is 2.13. The average Bonchev–Trinajstić information content (AvgIpc) is 3.31. The topological polar surface area (TPSA) is 51.3 Å². The quantitative estimate of drug-likeness (QED) is 0.440. The Bertz CT molecular complexity index is 1030. The van der Waals surface area contributed by atoms with Gasteiger partial charge in [0.2, 0.25) is 0 Å². The number of thioether (sulfide) groups is 1. The number of hydrogen-bond donors (Lipinski definition) is 0. The van der Waals surface area contributed by atoms with E-state index in [0.29, 0.717) is 0 Å². The summed E-state index contributed by atoms with van der Waals surface area (Å²) in [6.45, 7) is 6.35. The number of anilines is 1. The maximum atomic E-state index is 4.64. The van der Waals surface area contributed by atoms with Crippen molar-refractivity contribution in [2.24, 2.45) is 7.05 Å². The maximum Gasteiger partial charge on any atom is 0.191 e. The van der Waals surface area contributed by atoms with Gasteiger partial charge in [0, 0.05) is 49.5 Å². The van der Waals surface area contributed by atoms with Crippen molar-refractivity contribution < 1.29 is 0 Å². The molecule has 0 unspecified atom stereocenters. The summed E-state index contributed by atoms with van der Waals surface area (Å²) in [6.07, 6.45) is 4.07. The number of aromatic nitrogens is 5. The van der Waals surface area contributed by atoms with E-state index in [-0.39, 0.29) is 0 Å². The third kappa shape index (κ3) is 3.62. The monoisotopic (exact) mass is 392 g/mol. The van der Waals surface area contributed by atoms with Crippen LogP contribution >= 0.6 is 11.8 Å². The number of nitrogens with zero attached hydrogens (tertiary/aromatic N) is 6. The summed E-state index contributed by atoms with van der Waals surface area (Å²) in [7, 11) is 2.01. The summed E-state index contributed by atoms with van der Waals surface area (Å²) >= 11 is 1.65. The fourth-order valence-electron chi connectivity index (χ4n) is 3.30. The largest absolute Gasteiger partial charge is 0.372 e. The van der Waals surface area contributed by atoms with E-state index >= 15 is 0 Å². The Hall–Kier alpha value is -2.80. The SMILES string of the molecule is CCN(CC)c1ccc(-c2nnc(SCc3cn4ccccc4n3)n2C)cc1. The molecular weight excluding hydrogens is 368 g/mol. The molecule has 0 aliphatic carbocycles. The molecule has 3 aromatic heterocycles. The molecule has 28 heavy (non-hydrogen) atoms. The van der Waals surface area contributed by atoms with Gasteiger partial charge in [0.1, 0.15) is 5.65 Å². The molecule has 3 heterocycles. The van der Waals surface area contributed by atoms with Crippen molar-refractivity contribution in [3.8, 4) is 11.4 Å². The lowest BCUT2D eigenvalue weighted by Gasteiger charge is -2.21. The van der Waals surface area contributed by atoms with Crippen molar-refractivity contribution in [1.82, 2.24) is 24.1 Å². The van der Waals surface area contributed by atoms with Gasteiger partial charge < -0.3 is 13.9 Å². The zero-order chi connectivity index (χ0) is 19.5. The van der Waals surface area contributed by atoms with Gasteiger partial charge in [-0.15, -0.1) is 10.2 Å². The Morgan fingerprint density at radius 2 is 1.79 bits per heavy atom. The minimum atomic E-state index is 0.758. The van der Waals surface area contributed by atoms with E-state index < -0.39 is 0 Å². The van der Waals surface area contributed by atoms with Crippen LogP contribution in [0.1, 0.15) is 19.5 Å². The second-order valence-corrected chi connectivity index (χ2v) is 7.51. The van der Waals surface area contributed by atoms with Crippen LogP contribution in [0.5, 0.6) is 0 Å². The Balaban J connectivity index is 1.49. The van der Waals surface area contributed by atoms with Crippen molar-refractivity contribution in [3.05, 3.63) is 60.6 Å². The molecule has 0 aliphatic rings. The van der Waals surface area contributed by atoms with Gasteiger partial charge in [-0.05, 0) is 50.2 Å². The number of pyridine rings is 1. The predicted molar refractivity (Wildman–Crippen MR) is 115 cm³/mol. The second kappa shape index (κ2) is 8.06. The van der Waals surface area contributed by atoms with Gasteiger partial charge in [-0.1, -0.05) is 17.8 Å². The van der Waals surface area contributed by atoms with Crippen LogP contribution in [0.4, 0.5) is 5.69 Å². The molecule has 0 amide bonds. The van der Waals surface area contributed by atoms with Crippen LogP contribution in [-0.4, -0.2) is 37.2 Å². The first-order valence-corrected chi connectivity index (χ1v) is 10.5. The van der Waals surface area contributed by atoms with E-state index in [9.17, 15) is 0 Å². The Labute approximate surface area is 169 Å². The molecule has 7 heteroatoms. The molecule has 4 aromatic rings. The average molecular weight is 393 g/mol. The van der Waals surface area contributed by atoms with Gasteiger partial charge >= 0.3 is 0 Å². The summed E-state index contributed by atoms with van der Waals surface area (Å²) in [5.74, 6) is 1.64. The van der Waals surface area contributed by atoms with Gasteiger partial charge in [-0.2, -0.15) is 0 Å². The maximum absolute atomic E-state index is 4.64. The molecule has 0 saturated heterocycles. The van der Waals surface area contributed by atoms with Crippen LogP contribution in [0.25, 0.3) is 17.0 Å². The second-order valence-electron chi connectivity index (χ2n) is 6.57. The first-order chi connectivity index (χ1) is 13.7. The van der Waals surface area contributed by atoms with Gasteiger partial charge in [0.05, 0.1) is 5.69 Å². The fourth-order valence-corrected chi connectivity index (χ4v) is 4.09. The highest BCUT2D eigenvalue weighted by atomic mass is 32.2. The Morgan fingerprint density at radius 1 is 1.00 bits per heavy atom. The number of benzene rings is 1. The van der Waals surface area contributed by atoms with Crippen LogP contribution in [0.15, 0.2) is 60.0 Å². The highest BCUT2D eigenvalue weighted by Crippen LogP contribution is 2.26. The number of fused-ring (bicyclic) bond motifs is 1. The Kier molecular flexibility index (Phi) is 5.34. The molecule has 0 bridgehead atoms. The lowest BCUT2D eigenvalue weighted by atomic mass is 10.2. The summed E-state index contributed by atoms with van der Waals surface area (Å²) in [5, 5.41) is 9.68. The minimum absolute atomic E-state index is 0.758. The lowest BCUT2D eigenvalue weighted by molar-refractivity contribution is 0.793. The van der Waals surface area contributed by atoms with Crippen LogP contribution in [0.2, 0.25) is 0 Å². The van der Waals surface area contributed by atoms with Crippen LogP contribution in [0.3, 0.4) is 0 Å². The fraction of sp³-hybridized carbons (Fsp3) is 0.286. The zero-order valence-electron chi connectivity index (χ0n) is 16.4. The molecule has 0 saturated carbocycles. The lowest BCUT2D eigenvalue weighted by Crippen LogP contribution is -2.21. The normalized spacial score (nSPS) is 11.2. The van der Waals surface area contributed by atoms with Crippen molar-refractivity contribution in [1.29, 1.82) is 0 Å². The number of hydrogen-bond acceptors (Lipinski definition) is 5. The zero-order valence-corrected chi connectivity index (χ0v) is 17.2. The summed E-state index contributed by atoms with van der Waals surface area (Å²) < 4.78 is 4.09. The van der Waals surface area contributed by atoms with Gasteiger partial charge in [-0.25, -0.2) is 4.98 Å². The first-order valence-electron chi connectivity index (χ1n) is 9.49. The van der Waals surface area contributed by atoms with Crippen LogP contribution in [0, 0.1) is 0 Å². The van der Waals surface area contributed by atoms with Gasteiger partial charge in [0.15, 0.2) is 11.0 Å². The molecule has 6 nitrogen and oxygen atoms in total. The van der Waals surface area contributed by atoms with E-state index in [2.05, 4.69) is 64.4 Å². The third-order valence-corrected chi connectivity index (χ3v) is 5.91. The van der Waals surface area contributed by atoms with Gasteiger partial charge in [0.25, 0.3) is 0 Å². The summed E-state index contributed by atoms with van der Waals surface area (Å²) in [4.78, 5) is 6.97. The predicted octanol–water partition coefficient (Wildman–Crippen LogP) is 4.27. The van der Waals surface area contributed by atoms with E-state index in [0.717, 1.165) is 46.7 Å². The molecule has 0 atom stereocenters. The summed E-state index contributed by atoms with van der Waals surface area (Å²) in [6, 6.07) is 14.6. The highest BCUT2D eigenvalue weighted by molar-refractivity contribution is 7.98. The molecule has 4 rings (SSSR count). The third-order valence-electron chi connectivity index (χ3n) is 4.85. The van der Waals surface area contributed by atoms with E-state index in [1.165, 1.54) is 5.69 Å². The standard InChI is InChI=1S/C21H24N6S/c1-4-26(5-2)18-11-9-16(10-12-18)20-23-24-21(25(20)3)28-15-17-14-27-13-7-6-8-19(27)22-17/h6-14H,4-5,15H2,1-3H3. The molecule has 144 valence electrons. The van der Waals surface area contributed by atoms with E-state index in [1.807, 2.05) is 40.4 Å². The molecule has 0 fully saturated rings. The number of rotatable bonds is 7. The molecule has 1 aromatic carbocycles. The van der Waals surface area contributed by atoms with Crippen LogP contribution < -0.4 is 4.90 Å². The first kappa shape index (κ1) is 18.6. The van der Waals surface area contributed by atoms with Crippen molar-refractivity contribution in [3.63, 3.8) is 0 Å². The molecular formula is C21H24N6S.